The van der Waals surface area contributed by atoms with Crippen molar-refractivity contribution in [2.24, 2.45) is 5.92 Å². The van der Waals surface area contributed by atoms with Crippen LogP contribution < -0.4 is 0 Å². The Morgan fingerprint density at radius 3 is 2.15 bits per heavy atom. The quantitative estimate of drug-likeness (QED) is 0.674. The lowest BCUT2D eigenvalue weighted by Crippen LogP contribution is -2.24. The van der Waals surface area contributed by atoms with E-state index in [-0.39, 0.29) is 28.8 Å². The fraction of sp³-hybridized carbons (Fsp3) is 0.190. The van der Waals surface area contributed by atoms with Gasteiger partial charge < -0.3 is 20.4 Å². The number of carbonyl (C=O) groups is 1. The molecule has 2 aromatic carbocycles. The van der Waals surface area contributed by atoms with E-state index < -0.39 is 11.8 Å². The molecule has 0 aromatic heterocycles. The number of aliphatic hydroxyl groups excluding tert-OH is 1. The molecule has 0 saturated heterocycles. The van der Waals surface area contributed by atoms with Crippen LogP contribution in [0.25, 0.3) is 0 Å². The van der Waals surface area contributed by atoms with Gasteiger partial charge in [-0.05, 0) is 54.8 Å². The second kappa shape index (κ2) is 6.59. The number of phenols is 3. The van der Waals surface area contributed by atoms with Crippen molar-refractivity contribution in [2.75, 3.05) is 0 Å². The number of hydrogen-bond acceptors (Lipinski definition) is 5. The number of aliphatic hydroxyl groups is 1. The number of hydrogen-bond donors (Lipinski definition) is 4. The number of aryl methyl sites for hydroxylation is 2. The molecule has 1 aliphatic carbocycles. The number of ketones is 1. The molecule has 0 spiro atoms. The third-order valence-corrected chi connectivity index (χ3v) is 4.69. The van der Waals surface area contributed by atoms with E-state index in [9.17, 15) is 25.2 Å². The average molecular weight is 352 g/mol. The largest absolute Gasteiger partial charge is 0.508 e. The molecule has 0 radical (unpaired) electrons. The Labute approximate surface area is 151 Å². The minimum atomic E-state index is -0.636. The highest BCUT2D eigenvalue weighted by molar-refractivity contribution is 5.96. The van der Waals surface area contributed by atoms with Crippen LogP contribution >= 0.6 is 0 Å². The van der Waals surface area contributed by atoms with Crippen LogP contribution in [0.3, 0.4) is 0 Å². The van der Waals surface area contributed by atoms with Gasteiger partial charge in [-0.3, -0.25) is 4.79 Å². The van der Waals surface area contributed by atoms with Crippen molar-refractivity contribution in [3.63, 3.8) is 0 Å². The molecule has 0 fully saturated rings. The topological polar surface area (TPSA) is 98.0 Å². The van der Waals surface area contributed by atoms with Gasteiger partial charge in [-0.15, -0.1) is 0 Å². The van der Waals surface area contributed by atoms with Crippen molar-refractivity contribution in [1.82, 2.24) is 0 Å². The van der Waals surface area contributed by atoms with Gasteiger partial charge in [-0.25, -0.2) is 0 Å². The average Bonchev–Trinajstić information content (AvgIpc) is 2.52. The van der Waals surface area contributed by atoms with Gasteiger partial charge in [0.25, 0.3) is 0 Å². The van der Waals surface area contributed by atoms with Crippen molar-refractivity contribution in [3.8, 4) is 17.2 Å². The molecule has 5 heteroatoms. The minimum absolute atomic E-state index is 0.0767. The molecule has 4 N–H and O–H groups in total. The molecule has 0 aliphatic heterocycles. The lowest BCUT2D eigenvalue weighted by atomic mass is 9.74. The zero-order valence-electron chi connectivity index (χ0n) is 14.5. The third-order valence-electron chi connectivity index (χ3n) is 4.69. The number of carbonyl (C=O) groups excluding carboxylic acids is 1. The van der Waals surface area contributed by atoms with Crippen LogP contribution in [-0.4, -0.2) is 26.2 Å². The first-order valence-corrected chi connectivity index (χ1v) is 8.22. The summed E-state index contributed by atoms with van der Waals surface area (Å²) in [6.45, 7) is 3.66. The standard InChI is InChI=1S/C21H20O5/c1-11-7-15(24)8-12(2)20(11)21(16-5-3-13(22)9-18(16)25)17-6-4-14(23)10-19(17)26/h3-10,16,21-24,26H,1-2H3. The SMILES string of the molecule is Cc1cc(O)cc(C)c1C(c1ccc(O)cc1O)C1C=CC(O)=CC1=O. The van der Waals surface area contributed by atoms with Crippen LogP contribution in [-0.2, 0) is 4.79 Å². The molecule has 0 bridgehead atoms. The first-order valence-electron chi connectivity index (χ1n) is 8.22. The van der Waals surface area contributed by atoms with Crippen molar-refractivity contribution in [2.45, 2.75) is 19.8 Å². The Kier molecular flexibility index (Phi) is 4.47. The molecule has 2 atom stereocenters. The van der Waals surface area contributed by atoms with Gasteiger partial charge in [0.1, 0.15) is 23.0 Å². The normalized spacial score (nSPS) is 17.8. The fourth-order valence-corrected chi connectivity index (χ4v) is 3.63. The van der Waals surface area contributed by atoms with Crippen LogP contribution in [0.4, 0.5) is 0 Å². The summed E-state index contributed by atoms with van der Waals surface area (Å²) in [6.07, 6.45) is 4.24. The zero-order chi connectivity index (χ0) is 19.0. The van der Waals surface area contributed by atoms with E-state index in [4.69, 9.17) is 0 Å². The summed E-state index contributed by atoms with van der Waals surface area (Å²) in [5.41, 5.74) is 2.85. The molecule has 3 rings (SSSR count). The van der Waals surface area contributed by atoms with Crippen molar-refractivity contribution >= 4 is 5.78 Å². The summed E-state index contributed by atoms with van der Waals surface area (Å²) in [5.74, 6) is -1.64. The Morgan fingerprint density at radius 1 is 0.923 bits per heavy atom. The van der Waals surface area contributed by atoms with Crippen LogP contribution in [0.2, 0.25) is 0 Å². The van der Waals surface area contributed by atoms with Gasteiger partial charge in [-0.2, -0.15) is 0 Å². The van der Waals surface area contributed by atoms with E-state index >= 15 is 0 Å². The molecule has 2 aromatic rings. The van der Waals surface area contributed by atoms with Crippen molar-refractivity contribution in [3.05, 3.63) is 76.6 Å². The summed E-state index contributed by atoms with van der Waals surface area (Å²) >= 11 is 0. The highest BCUT2D eigenvalue weighted by atomic mass is 16.3. The van der Waals surface area contributed by atoms with Crippen LogP contribution in [0, 0.1) is 19.8 Å². The second-order valence-electron chi connectivity index (χ2n) is 6.57. The minimum Gasteiger partial charge on any atom is -0.508 e. The van der Waals surface area contributed by atoms with Crippen molar-refractivity contribution in [1.29, 1.82) is 0 Å². The van der Waals surface area contributed by atoms with Gasteiger partial charge in [-0.1, -0.05) is 12.1 Å². The monoisotopic (exact) mass is 352 g/mol. The summed E-state index contributed by atoms with van der Waals surface area (Å²) in [7, 11) is 0. The van der Waals surface area contributed by atoms with E-state index in [1.54, 1.807) is 24.3 Å². The van der Waals surface area contributed by atoms with E-state index in [2.05, 4.69) is 0 Å². The number of rotatable bonds is 3. The van der Waals surface area contributed by atoms with E-state index in [1.165, 1.54) is 24.3 Å². The lowest BCUT2D eigenvalue weighted by Gasteiger charge is -2.29. The van der Waals surface area contributed by atoms with E-state index in [1.807, 2.05) is 13.8 Å². The summed E-state index contributed by atoms with van der Waals surface area (Å²) < 4.78 is 0. The smallest absolute Gasteiger partial charge is 0.167 e. The maximum absolute atomic E-state index is 12.6. The molecule has 0 saturated carbocycles. The number of allylic oxidation sites excluding steroid dienone is 3. The summed E-state index contributed by atoms with van der Waals surface area (Å²) in [4.78, 5) is 12.6. The number of phenolic OH excluding ortho intramolecular Hbond substituents is 3. The van der Waals surface area contributed by atoms with Gasteiger partial charge >= 0.3 is 0 Å². The van der Waals surface area contributed by atoms with Gasteiger partial charge in [0.15, 0.2) is 5.78 Å². The van der Waals surface area contributed by atoms with Crippen LogP contribution in [0.5, 0.6) is 17.2 Å². The fourth-order valence-electron chi connectivity index (χ4n) is 3.63. The first-order chi connectivity index (χ1) is 12.3. The number of aromatic hydroxyl groups is 3. The summed E-state index contributed by atoms with van der Waals surface area (Å²) in [5, 5.41) is 39.5. The Morgan fingerprint density at radius 2 is 1.58 bits per heavy atom. The molecular formula is C21H20O5. The van der Waals surface area contributed by atoms with E-state index in [0.29, 0.717) is 5.56 Å². The van der Waals surface area contributed by atoms with Crippen molar-refractivity contribution < 1.29 is 25.2 Å². The lowest BCUT2D eigenvalue weighted by molar-refractivity contribution is -0.117. The number of benzene rings is 2. The molecule has 2 unspecified atom stereocenters. The Hall–Kier alpha value is -3.21. The van der Waals surface area contributed by atoms with E-state index in [0.717, 1.165) is 16.7 Å². The molecule has 5 nitrogen and oxygen atoms in total. The molecular weight excluding hydrogens is 332 g/mol. The molecule has 0 amide bonds. The highest BCUT2D eigenvalue weighted by Gasteiger charge is 2.33. The second-order valence-corrected chi connectivity index (χ2v) is 6.57. The highest BCUT2D eigenvalue weighted by Crippen LogP contribution is 2.43. The van der Waals surface area contributed by atoms with Gasteiger partial charge in [0.2, 0.25) is 0 Å². The molecule has 0 heterocycles. The van der Waals surface area contributed by atoms with Crippen LogP contribution in [0.1, 0.15) is 28.2 Å². The Balaban J connectivity index is 2.24. The van der Waals surface area contributed by atoms with Crippen LogP contribution in [0.15, 0.2) is 54.3 Å². The van der Waals surface area contributed by atoms with Gasteiger partial charge in [0, 0.05) is 23.6 Å². The molecule has 1 aliphatic rings. The molecule has 26 heavy (non-hydrogen) atoms. The predicted octanol–water partition coefficient (Wildman–Crippen LogP) is 3.75. The molecule has 134 valence electrons. The summed E-state index contributed by atoms with van der Waals surface area (Å²) in [6, 6.07) is 7.49. The Bertz CT molecular complexity index is 916. The first kappa shape index (κ1) is 17.6. The maximum Gasteiger partial charge on any atom is 0.167 e. The van der Waals surface area contributed by atoms with Gasteiger partial charge in [0.05, 0.1) is 5.92 Å². The maximum atomic E-state index is 12.6. The zero-order valence-corrected chi connectivity index (χ0v) is 14.5. The third kappa shape index (κ3) is 3.16. The predicted molar refractivity (Wildman–Crippen MR) is 97.5 cm³/mol.